The maximum atomic E-state index is 12.4. The lowest BCUT2D eigenvalue weighted by molar-refractivity contribution is -0.153. The molecule has 1 rings (SSSR count). The van der Waals surface area contributed by atoms with Gasteiger partial charge >= 0.3 is 6.18 Å². The predicted octanol–water partition coefficient (Wildman–Crippen LogP) is 2.13. The summed E-state index contributed by atoms with van der Waals surface area (Å²) in [6.45, 7) is 5.35. The molecule has 3 N–H and O–H groups in total. The standard InChI is InChI=1S/C17H25F3N4O2/c1-4-21-15(25)10-24-16(22-5-2)23-9-13-7-6-12(3)8-14(13)26-11-17(18,19)20/h6-8H,4-5,9-11H2,1-3H3,(H,21,25)(H2,22,23,24). The SMILES string of the molecule is CCNC(=O)CNC(=NCc1ccc(C)cc1OCC(F)(F)F)NCC. The smallest absolute Gasteiger partial charge is 0.422 e. The van der Waals surface area contributed by atoms with Crippen LogP contribution >= 0.6 is 0 Å². The molecule has 0 bridgehead atoms. The van der Waals surface area contributed by atoms with E-state index in [-0.39, 0.29) is 24.7 Å². The van der Waals surface area contributed by atoms with Crippen molar-refractivity contribution < 1.29 is 22.7 Å². The van der Waals surface area contributed by atoms with Gasteiger partial charge < -0.3 is 20.7 Å². The molecule has 0 aliphatic heterocycles. The van der Waals surface area contributed by atoms with E-state index in [2.05, 4.69) is 20.9 Å². The number of carbonyl (C=O) groups excluding carboxylic acids is 1. The quantitative estimate of drug-likeness (QED) is 0.481. The van der Waals surface area contributed by atoms with E-state index >= 15 is 0 Å². The fourth-order valence-electron chi connectivity index (χ4n) is 2.02. The van der Waals surface area contributed by atoms with Crippen LogP contribution in [0.25, 0.3) is 0 Å². The van der Waals surface area contributed by atoms with Gasteiger partial charge in [-0.05, 0) is 32.4 Å². The Kier molecular flexibility index (Phi) is 8.74. The number of hydrogen-bond acceptors (Lipinski definition) is 3. The molecule has 0 spiro atoms. The summed E-state index contributed by atoms with van der Waals surface area (Å²) in [5.41, 5.74) is 1.31. The third kappa shape index (κ3) is 8.59. The van der Waals surface area contributed by atoms with Crippen LogP contribution in [0.1, 0.15) is 25.0 Å². The zero-order chi connectivity index (χ0) is 19.6. The van der Waals surface area contributed by atoms with Crippen LogP contribution in [-0.4, -0.2) is 44.3 Å². The summed E-state index contributed by atoms with van der Waals surface area (Å²) in [5, 5.41) is 8.50. The summed E-state index contributed by atoms with van der Waals surface area (Å²) < 4.78 is 42.2. The Morgan fingerprint density at radius 3 is 2.46 bits per heavy atom. The summed E-state index contributed by atoms with van der Waals surface area (Å²) in [6.07, 6.45) is -4.41. The van der Waals surface area contributed by atoms with Crippen molar-refractivity contribution in [3.63, 3.8) is 0 Å². The lowest BCUT2D eigenvalue weighted by atomic mass is 10.1. The second kappa shape index (κ2) is 10.5. The second-order valence-corrected chi connectivity index (χ2v) is 5.52. The van der Waals surface area contributed by atoms with Crippen LogP contribution in [0.5, 0.6) is 5.75 Å². The van der Waals surface area contributed by atoms with Crippen molar-refractivity contribution in [1.29, 1.82) is 0 Å². The first-order valence-electron chi connectivity index (χ1n) is 8.33. The summed E-state index contributed by atoms with van der Waals surface area (Å²) >= 11 is 0. The molecule has 0 unspecified atom stereocenters. The molecule has 0 atom stereocenters. The largest absolute Gasteiger partial charge is 0.484 e. The van der Waals surface area contributed by atoms with Gasteiger partial charge in [-0.1, -0.05) is 12.1 Å². The van der Waals surface area contributed by atoms with Gasteiger partial charge in [0.05, 0.1) is 13.1 Å². The minimum Gasteiger partial charge on any atom is -0.484 e. The van der Waals surface area contributed by atoms with Crippen molar-refractivity contribution in [3.05, 3.63) is 29.3 Å². The van der Waals surface area contributed by atoms with E-state index in [1.54, 1.807) is 25.1 Å². The first kappa shape index (κ1) is 21.6. The van der Waals surface area contributed by atoms with Crippen molar-refractivity contribution in [2.75, 3.05) is 26.2 Å². The van der Waals surface area contributed by atoms with E-state index in [4.69, 9.17) is 4.74 Å². The average Bonchev–Trinajstić information content (AvgIpc) is 2.56. The molecule has 0 aliphatic rings. The molecule has 0 radical (unpaired) electrons. The molecule has 26 heavy (non-hydrogen) atoms. The van der Waals surface area contributed by atoms with Crippen LogP contribution < -0.4 is 20.7 Å². The highest BCUT2D eigenvalue weighted by Crippen LogP contribution is 2.24. The molecule has 1 amide bonds. The maximum absolute atomic E-state index is 12.4. The number of aryl methyl sites for hydroxylation is 1. The number of nitrogens with zero attached hydrogens (tertiary/aromatic N) is 1. The summed E-state index contributed by atoms with van der Waals surface area (Å²) in [5.74, 6) is 0.356. The van der Waals surface area contributed by atoms with E-state index in [0.717, 1.165) is 5.56 Å². The van der Waals surface area contributed by atoms with Gasteiger partial charge in [0.25, 0.3) is 0 Å². The van der Waals surface area contributed by atoms with Crippen molar-refractivity contribution >= 4 is 11.9 Å². The monoisotopic (exact) mass is 374 g/mol. The summed E-state index contributed by atoms with van der Waals surface area (Å²) in [7, 11) is 0. The Morgan fingerprint density at radius 1 is 1.15 bits per heavy atom. The molecule has 0 aromatic heterocycles. The Bertz CT molecular complexity index is 619. The molecule has 1 aromatic rings. The Labute approximate surface area is 151 Å². The summed E-state index contributed by atoms with van der Waals surface area (Å²) in [6, 6.07) is 5.00. The number of ether oxygens (including phenoxy) is 1. The average molecular weight is 374 g/mol. The number of carbonyl (C=O) groups is 1. The highest BCUT2D eigenvalue weighted by atomic mass is 19.4. The van der Waals surface area contributed by atoms with Gasteiger partial charge in [-0.3, -0.25) is 4.79 Å². The predicted molar refractivity (Wildman–Crippen MR) is 94.2 cm³/mol. The normalized spacial score (nSPS) is 11.8. The summed E-state index contributed by atoms with van der Waals surface area (Å²) in [4.78, 5) is 15.8. The number of nitrogens with one attached hydrogen (secondary N) is 3. The fourth-order valence-corrected chi connectivity index (χ4v) is 2.02. The van der Waals surface area contributed by atoms with Crippen LogP contribution in [0.15, 0.2) is 23.2 Å². The molecular formula is C17H25F3N4O2. The van der Waals surface area contributed by atoms with Crippen LogP contribution in [0, 0.1) is 6.92 Å². The molecule has 0 aliphatic carbocycles. The molecule has 1 aromatic carbocycles. The Morgan fingerprint density at radius 2 is 1.85 bits per heavy atom. The lowest BCUT2D eigenvalue weighted by Gasteiger charge is -2.14. The number of aliphatic imine (C=N–C) groups is 1. The number of alkyl halides is 3. The van der Waals surface area contributed by atoms with E-state index in [1.165, 1.54) is 0 Å². The first-order valence-corrected chi connectivity index (χ1v) is 8.33. The van der Waals surface area contributed by atoms with Gasteiger partial charge in [-0.2, -0.15) is 13.2 Å². The van der Waals surface area contributed by atoms with Crippen molar-refractivity contribution in [2.24, 2.45) is 4.99 Å². The molecule has 0 saturated heterocycles. The maximum Gasteiger partial charge on any atom is 0.422 e. The molecule has 9 heteroatoms. The minimum absolute atomic E-state index is 0.0466. The highest BCUT2D eigenvalue weighted by molar-refractivity contribution is 5.86. The third-order valence-electron chi connectivity index (χ3n) is 3.16. The molecular weight excluding hydrogens is 349 g/mol. The number of amides is 1. The number of likely N-dealkylation sites (N-methyl/N-ethyl adjacent to an activating group) is 1. The number of benzene rings is 1. The van der Waals surface area contributed by atoms with Crippen LogP contribution in [0.4, 0.5) is 13.2 Å². The molecule has 6 nitrogen and oxygen atoms in total. The van der Waals surface area contributed by atoms with Gasteiger partial charge in [-0.15, -0.1) is 0 Å². The van der Waals surface area contributed by atoms with E-state index in [1.807, 2.05) is 13.8 Å². The van der Waals surface area contributed by atoms with Crippen LogP contribution in [-0.2, 0) is 11.3 Å². The molecule has 0 saturated carbocycles. The Balaban J connectivity index is 2.82. The number of halogens is 3. The Hall–Kier alpha value is -2.45. The van der Waals surface area contributed by atoms with Gasteiger partial charge in [0.15, 0.2) is 12.6 Å². The van der Waals surface area contributed by atoms with Gasteiger partial charge in [-0.25, -0.2) is 4.99 Å². The number of hydrogen-bond donors (Lipinski definition) is 3. The van der Waals surface area contributed by atoms with Gasteiger partial charge in [0.1, 0.15) is 5.75 Å². The van der Waals surface area contributed by atoms with Gasteiger partial charge in [0, 0.05) is 18.7 Å². The zero-order valence-electron chi connectivity index (χ0n) is 15.2. The molecule has 0 heterocycles. The number of guanidine groups is 1. The number of rotatable bonds is 8. The topological polar surface area (TPSA) is 74.8 Å². The fraction of sp³-hybridized carbons (Fsp3) is 0.529. The second-order valence-electron chi connectivity index (χ2n) is 5.52. The van der Waals surface area contributed by atoms with Crippen molar-refractivity contribution in [3.8, 4) is 5.75 Å². The van der Waals surface area contributed by atoms with Crippen LogP contribution in [0.3, 0.4) is 0 Å². The van der Waals surface area contributed by atoms with Crippen molar-refractivity contribution in [2.45, 2.75) is 33.5 Å². The first-order chi connectivity index (χ1) is 12.2. The molecule has 0 fully saturated rings. The lowest BCUT2D eigenvalue weighted by Crippen LogP contribution is -2.43. The van der Waals surface area contributed by atoms with E-state index in [0.29, 0.717) is 24.6 Å². The highest BCUT2D eigenvalue weighted by Gasteiger charge is 2.28. The molecule has 146 valence electrons. The van der Waals surface area contributed by atoms with Crippen molar-refractivity contribution in [1.82, 2.24) is 16.0 Å². The van der Waals surface area contributed by atoms with E-state index in [9.17, 15) is 18.0 Å². The van der Waals surface area contributed by atoms with E-state index < -0.39 is 12.8 Å². The minimum atomic E-state index is -4.41. The zero-order valence-corrected chi connectivity index (χ0v) is 15.2. The van der Waals surface area contributed by atoms with Gasteiger partial charge in [0.2, 0.25) is 5.91 Å². The van der Waals surface area contributed by atoms with Crippen LogP contribution in [0.2, 0.25) is 0 Å². The third-order valence-corrected chi connectivity index (χ3v) is 3.16.